The number of hydrogen-bond donors (Lipinski definition) is 0. The number of aromatic nitrogens is 1. The van der Waals surface area contributed by atoms with Crippen molar-refractivity contribution >= 4 is 17.3 Å². The zero-order chi connectivity index (χ0) is 14.7. The van der Waals surface area contributed by atoms with Crippen LogP contribution in [0.1, 0.15) is 11.3 Å². The topological polar surface area (TPSA) is 89.0 Å². The first-order valence-electron chi connectivity index (χ1n) is 5.51. The summed E-state index contributed by atoms with van der Waals surface area (Å²) >= 11 is 5.92. The second-order valence-corrected chi connectivity index (χ2v) is 4.30. The molecule has 2 rings (SSSR count). The van der Waals surface area contributed by atoms with Crippen LogP contribution in [0.2, 0.25) is 5.02 Å². The van der Waals surface area contributed by atoms with Gasteiger partial charge in [-0.1, -0.05) is 11.6 Å². The van der Waals surface area contributed by atoms with Crippen LogP contribution in [0.5, 0.6) is 11.6 Å². The van der Waals surface area contributed by atoms with Gasteiger partial charge in [0.15, 0.2) is 0 Å². The molecule has 2 aromatic rings. The number of ether oxygens (including phenoxy) is 1. The molecular weight excluding hydrogens is 282 g/mol. The molecule has 0 bridgehead atoms. The standard InChI is InChI=1S/C13H8ClN3O3/c1-8-2-3-9(7-15)13(16-8)20-12-5-4-10(17(18)19)6-11(12)14/h2-6H,1H3. The molecule has 100 valence electrons. The summed E-state index contributed by atoms with van der Waals surface area (Å²) in [6.07, 6.45) is 0. The molecule has 0 fully saturated rings. The van der Waals surface area contributed by atoms with Gasteiger partial charge in [-0.25, -0.2) is 4.98 Å². The fourth-order valence-electron chi connectivity index (χ4n) is 1.49. The largest absolute Gasteiger partial charge is 0.436 e. The number of hydrogen-bond acceptors (Lipinski definition) is 5. The highest BCUT2D eigenvalue weighted by molar-refractivity contribution is 6.32. The summed E-state index contributed by atoms with van der Waals surface area (Å²) in [6, 6.07) is 9.03. The van der Waals surface area contributed by atoms with E-state index in [2.05, 4.69) is 4.98 Å². The zero-order valence-electron chi connectivity index (χ0n) is 10.3. The summed E-state index contributed by atoms with van der Waals surface area (Å²) in [7, 11) is 0. The van der Waals surface area contributed by atoms with Gasteiger partial charge < -0.3 is 4.74 Å². The van der Waals surface area contributed by atoms with Gasteiger partial charge in [0.05, 0.1) is 9.95 Å². The third-order valence-corrected chi connectivity index (χ3v) is 2.75. The number of nitriles is 1. The fraction of sp³-hybridized carbons (Fsp3) is 0.0769. The van der Waals surface area contributed by atoms with Crippen molar-refractivity contribution in [2.24, 2.45) is 0 Å². The summed E-state index contributed by atoms with van der Waals surface area (Å²) in [5.41, 5.74) is 0.794. The molecule has 0 amide bonds. The molecule has 0 N–H and O–H groups in total. The first kappa shape index (κ1) is 13.8. The number of nitro groups is 1. The molecule has 1 aromatic carbocycles. The lowest BCUT2D eigenvalue weighted by molar-refractivity contribution is -0.384. The van der Waals surface area contributed by atoms with E-state index in [0.717, 1.165) is 0 Å². The Morgan fingerprint density at radius 1 is 1.40 bits per heavy atom. The van der Waals surface area contributed by atoms with Crippen molar-refractivity contribution in [3.63, 3.8) is 0 Å². The Morgan fingerprint density at radius 2 is 2.15 bits per heavy atom. The van der Waals surface area contributed by atoms with Crippen molar-refractivity contribution in [3.05, 3.63) is 56.7 Å². The Balaban J connectivity index is 2.38. The summed E-state index contributed by atoms with van der Waals surface area (Å²) in [5, 5.41) is 19.7. The predicted molar refractivity (Wildman–Crippen MR) is 71.9 cm³/mol. The van der Waals surface area contributed by atoms with Gasteiger partial charge in [0, 0.05) is 17.8 Å². The van der Waals surface area contributed by atoms with Gasteiger partial charge in [0.2, 0.25) is 5.88 Å². The molecule has 0 saturated carbocycles. The number of nitro benzene ring substituents is 1. The maximum atomic E-state index is 10.6. The SMILES string of the molecule is Cc1ccc(C#N)c(Oc2ccc([N+](=O)[O-])cc2Cl)n1. The van der Waals surface area contributed by atoms with E-state index in [4.69, 9.17) is 21.6 Å². The second-order valence-electron chi connectivity index (χ2n) is 3.89. The molecule has 6 nitrogen and oxygen atoms in total. The summed E-state index contributed by atoms with van der Waals surface area (Å²) in [4.78, 5) is 14.2. The Bertz CT molecular complexity index is 725. The maximum absolute atomic E-state index is 10.6. The number of benzene rings is 1. The van der Waals surface area contributed by atoms with Gasteiger partial charge in [0.25, 0.3) is 5.69 Å². The van der Waals surface area contributed by atoms with E-state index < -0.39 is 4.92 Å². The van der Waals surface area contributed by atoms with Crippen LogP contribution in [-0.2, 0) is 0 Å². The lowest BCUT2D eigenvalue weighted by atomic mass is 10.2. The molecule has 1 aromatic heterocycles. The Morgan fingerprint density at radius 3 is 2.75 bits per heavy atom. The number of aryl methyl sites for hydroxylation is 1. The van der Waals surface area contributed by atoms with Crippen LogP contribution < -0.4 is 4.74 Å². The van der Waals surface area contributed by atoms with E-state index in [1.807, 2.05) is 6.07 Å². The van der Waals surface area contributed by atoms with E-state index in [0.29, 0.717) is 5.69 Å². The Kier molecular flexibility index (Phi) is 3.82. The number of rotatable bonds is 3. The fourth-order valence-corrected chi connectivity index (χ4v) is 1.70. The normalized spacial score (nSPS) is 9.85. The van der Waals surface area contributed by atoms with Crippen molar-refractivity contribution in [3.8, 4) is 17.7 Å². The van der Waals surface area contributed by atoms with Crippen LogP contribution in [0, 0.1) is 28.4 Å². The third-order valence-electron chi connectivity index (χ3n) is 2.45. The summed E-state index contributed by atoms with van der Waals surface area (Å²) in [5.74, 6) is 0.315. The molecule has 0 aliphatic rings. The molecular formula is C13H8ClN3O3. The van der Waals surface area contributed by atoms with Gasteiger partial charge in [0.1, 0.15) is 17.4 Å². The third kappa shape index (κ3) is 2.84. The van der Waals surface area contributed by atoms with Crippen LogP contribution in [0.3, 0.4) is 0 Å². The summed E-state index contributed by atoms with van der Waals surface area (Å²) < 4.78 is 5.46. The summed E-state index contributed by atoms with van der Waals surface area (Å²) in [6.45, 7) is 1.76. The van der Waals surface area contributed by atoms with E-state index in [-0.39, 0.29) is 27.9 Å². The highest BCUT2D eigenvalue weighted by atomic mass is 35.5. The van der Waals surface area contributed by atoms with Crippen molar-refractivity contribution in [1.29, 1.82) is 5.26 Å². The molecule has 0 unspecified atom stereocenters. The van der Waals surface area contributed by atoms with Crippen molar-refractivity contribution in [1.82, 2.24) is 4.98 Å². The van der Waals surface area contributed by atoms with Crippen molar-refractivity contribution in [2.75, 3.05) is 0 Å². The molecule has 7 heteroatoms. The second kappa shape index (κ2) is 5.55. The van der Waals surface area contributed by atoms with E-state index >= 15 is 0 Å². The minimum absolute atomic E-state index is 0.0754. The van der Waals surface area contributed by atoms with Crippen molar-refractivity contribution in [2.45, 2.75) is 6.92 Å². The van der Waals surface area contributed by atoms with Crippen LogP contribution in [0.4, 0.5) is 5.69 Å². The first-order valence-corrected chi connectivity index (χ1v) is 5.88. The maximum Gasteiger partial charge on any atom is 0.271 e. The van der Waals surface area contributed by atoms with Crippen LogP contribution >= 0.6 is 11.6 Å². The minimum atomic E-state index is -0.554. The van der Waals surface area contributed by atoms with E-state index in [1.165, 1.54) is 18.2 Å². The monoisotopic (exact) mass is 289 g/mol. The molecule has 1 heterocycles. The molecule has 0 atom stereocenters. The average molecular weight is 290 g/mol. The first-order chi connectivity index (χ1) is 9.51. The van der Waals surface area contributed by atoms with Crippen LogP contribution in [0.25, 0.3) is 0 Å². The van der Waals surface area contributed by atoms with Gasteiger partial charge >= 0.3 is 0 Å². The molecule has 20 heavy (non-hydrogen) atoms. The Labute approximate surface area is 119 Å². The molecule has 0 radical (unpaired) electrons. The number of non-ortho nitro benzene ring substituents is 1. The predicted octanol–water partition coefficient (Wildman–Crippen LogP) is 3.62. The van der Waals surface area contributed by atoms with Gasteiger partial charge in [-0.3, -0.25) is 10.1 Å². The lowest BCUT2D eigenvalue weighted by Crippen LogP contribution is -1.95. The van der Waals surface area contributed by atoms with Gasteiger partial charge in [-0.2, -0.15) is 5.26 Å². The average Bonchev–Trinajstić information content (AvgIpc) is 2.41. The number of nitrogens with zero attached hydrogens (tertiary/aromatic N) is 3. The molecule has 0 saturated heterocycles. The van der Waals surface area contributed by atoms with E-state index in [1.54, 1.807) is 19.1 Å². The Hall–Kier alpha value is -2.65. The quantitative estimate of drug-likeness (QED) is 0.636. The lowest BCUT2D eigenvalue weighted by Gasteiger charge is -2.08. The molecule has 0 aliphatic carbocycles. The van der Waals surface area contributed by atoms with Crippen molar-refractivity contribution < 1.29 is 9.66 Å². The van der Waals surface area contributed by atoms with E-state index in [9.17, 15) is 10.1 Å². The molecule has 0 aliphatic heterocycles. The highest BCUT2D eigenvalue weighted by Gasteiger charge is 2.13. The van der Waals surface area contributed by atoms with Gasteiger partial charge in [-0.15, -0.1) is 0 Å². The molecule has 0 spiro atoms. The highest BCUT2D eigenvalue weighted by Crippen LogP contribution is 2.32. The minimum Gasteiger partial charge on any atom is -0.436 e. The zero-order valence-corrected chi connectivity index (χ0v) is 11.1. The van der Waals surface area contributed by atoms with Crippen LogP contribution in [0.15, 0.2) is 30.3 Å². The van der Waals surface area contributed by atoms with Crippen LogP contribution in [-0.4, -0.2) is 9.91 Å². The number of halogens is 1. The number of pyridine rings is 1. The van der Waals surface area contributed by atoms with Gasteiger partial charge in [-0.05, 0) is 25.1 Å². The smallest absolute Gasteiger partial charge is 0.271 e.